The molecule has 3 rings (SSSR count). The Morgan fingerprint density at radius 2 is 2.25 bits per heavy atom. The van der Waals surface area contributed by atoms with Crippen molar-refractivity contribution >= 4 is 5.95 Å². The maximum Gasteiger partial charge on any atom is 0.226 e. The van der Waals surface area contributed by atoms with Crippen LogP contribution in [0.3, 0.4) is 0 Å². The zero-order chi connectivity index (χ0) is 13.9. The average molecular weight is 268 g/mol. The lowest BCUT2D eigenvalue weighted by Gasteiger charge is -2.23. The molecule has 4 nitrogen and oxygen atoms in total. The highest BCUT2D eigenvalue weighted by molar-refractivity contribution is 5.61. The highest BCUT2D eigenvalue weighted by atomic mass is 15.3. The van der Waals surface area contributed by atoms with E-state index in [2.05, 4.69) is 41.1 Å². The molecule has 1 fully saturated rings. The quantitative estimate of drug-likeness (QED) is 0.928. The minimum absolute atomic E-state index is 0.378. The van der Waals surface area contributed by atoms with Gasteiger partial charge >= 0.3 is 0 Å². The lowest BCUT2D eigenvalue weighted by molar-refractivity contribution is 0.664. The van der Waals surface area contributed by atoms with Crippen molar-refractivity contribution < 1.29 is 0 Å². The molecule has 0 amide bonds. The minimum Gasteiger partial charge on any atom is -0.337 e. The third kappa shape index (κ3) is 2.51. The molecule has 20 heavy (non-hydrogen) atoms. The fraction of sp³-hybridized carbons (Fsp3) is 0.375. The molecule has 1 saturated heterocycles. The highest BCUT2D eigenvalue weighted by Crippen LogP contribution is 2.24. The van der Waals surface area contributed by atoms with Gasteiger partial charge in [-0.05, 0) is 31.9 Å². The van der Waals surface area contributed by atoms with Gasteiger partial charge in [0.25, 0.3) is 0 Å². The molecule has 0 bridgehead atoms. The molecule has 1 aliphatic rings. The van der Waals surface area contributed by atoms with Crippen LogP contribution in [0, 0.1) is 6.92 Å². The van der Waals surface area contributed by atoms with E-state index in [0.29, 0.717) is 12.6 Å². The van der Waals surface area contributed by atoms with E-state index < -0.39 is 0 Å². The summed E-state index contributed by atoms with van der Waals surface area (Å²) in [6.07, 6.45) is 4.14. The number of nitrogens with zero attached hydrogens (tertiary/aromatic N) is 3. The Bertz CT molecular complexity index is 597. The van der Waals surface area contributed by atoms with Crippen molar-refractivity contribution in [3.63, 3.8) is 0 Å². The maximum absolute atomic E-state index is 5.83. The van der Waals surface area contributed by atoms with Gasteiger partial charge in [-0.3, -0.25) is 0 Å². The van der Waals surface area contributed by atoms with E-state index in [9.17, 15) is 0 Å². The van der Waals surface area contributed by atoms with Gasteiger partial charge in [-0.2, -0.15) is 0 Å². The zero-order valence-corrected chi connectivity index (χ0v) is 11.8. The Kier molecular flexibility index (Phi) is 3.65. The van der Waals surface area contributed by atoms with Crippen LogP contribution >= 0.6 is 0 Å². The van der Waals surface area contributed by atoms with Crippen LogP contribution in [0.2, 0.25) is 0 Å². The van der Waals surface area contributed by atoms with E-state index in [1.54, 1.807) is 0 Å². The standard InChI is InChI=1S/C16H20N4/c1-12-4-2-5-13(10-12)15-7-8-18-16(19-15)20-9-3-6-14(20)11-17/h2,4-5,7-8,10,14H,3,6,9,11,17H2,1H3. The molecule has 0 spiro atoms. The second-order valence-electron chi connectivity index (χ2n) is 5.34. The number of anilines is 1. The smallest absolute Gasteiger partial charge is 0.226 e. The van der Waals surface area contributed by atoms with Crippen molar-refractivity contribution in [1.29, 1.82) is 0 Å². The van der Waals surface area contributed by atoms with Gasteiger partial charge in [-0.1, -0.05) is 23.8 Å². The minimum atomic E-state index is 0.378. The Hall–Kier alpha value is -1.94. The molecule has 1 aromatic heterocycles. The van der Waals surface area contributed by atoms with E-state index in [0.717, 1.165) is 30.2 Å². The topological polar surface area (TPSA) is 55.0 Å². The summed E-state index contributed by atoms with van der Waals surface area (Å²) in [5.41, 5.74) is 9.18. The van der Waals surface area contributed by atoms with E-state index in [4.69, 9.17) is 10.7 Å². The highest BCUT2D eigenvalue weighted by Gasteiger charge is 2.25. The Labute approximate surface area is 119 Å². The molecule has 0 aliphatic carbocycles. The summed E-state index contributed by atoms with van der Waals surface area (Å²) < 4.78 is 0. The first-order valence-corrected chi connectivity index (χ1v) is 7.15. The van der Waals surface area contributed by atoms with E-state index in [1.807, 2.05) is 12.3 Å². The van der Waals surface area contributed by atoms with Crippen molar-refractivity contribution in [2.75, 3.05) is 18.0 Å². The van der Waals surface area contributed by atoms with Crippen LogP contribution in [0.25, 0.3) is 11.3 Å². The van der Waals surface area contributed by atoms with Crippen LogP contribution in [0.4, 0.5) is 5.95 Å². The summed E-state index contributed by atoms with van der Waals surface area (Å²) in [5.74, 6) is 0.803. The Morgan fingerprint density at radius 3 is 3.05 bits per heavy atom. The van der Waals surface area contributed by atoms with Gasteiger partial charge in [0.2, 0.25) is 5.95 Å². The van der Waals surface area contributed by atoms with Gasteiger partial charge in [0.1, 0.15) is 0 Å². The molecular weight excluding hydrogens is 248 g/mol. The number of benzene rings is 1. The molecule has 0 radical (unpaired) electrons. The van der Waals surface area contributed by atoms with E-state index >= 15 is 0 Å². The molecule has 4 heteroatoms. The van der Waals surface area contributed by atoms with E-state index in [1.165, 1.54) is 12.0 Å². The van der Waals surface area contributed by atoms with Gasteiger partial charge in [0, 0.05) is 30.9 Å². The van der Waals surface area contributed by atoms with Gasteiger partial charge in [0.05, 0.1) is 5.69 Å². The molecule has 1 atom stereocenters. The SMILES string of the molecule is Cc1cccc(-c2ccnc(N3CCCC3CN)n2)c1. The summed E-state index contributed by atoms with van der Waals surface area (Å²) >= 11 is 0. The summed E-state index contributed by atoms with van der Waals surface area (Å²) in [7, 11) is 0. The second-order valence-corrected chi connectivity index (χ2v) is 5.34. The summed E-state index contributed by atoms with van der Waals surface area (Å²) in [6.45, 7) is 3.76. The van der Waals surface area contributed by atoms with Gasteiger partial charge in [0.15, 0.2) is 0 Å². The third-order valence-corrected chi connectivity index (χ3v) is 3.86. The van der Waals surface area contributed by atoms with Gasteiger partial charge in [-0.15, -0.1) is 0 Å². The summed E-state index contributed by atoms with van der Waals surface area (Å²) in [4.78, 5) is 11.4. The first kappa shape index (κ1) is 13.1. The lowest BCUT2D eigenvalue weighted by atomic mass is 10.1. The second kappa shape index (κ2) is 5.59. The van der Waals surface area contributed by atoms with Crippen molar-refractivity contribution in [2.45, 2.75) is 25.8 Å². The molecule has 1 aromatic carbocycles. The summed E-state index contributed by atoms with van der Waals surface area (Å²) in [5, 5.41) is 0. The molecule has 2 N–H and O–H groups in total. The fourth-order valence-electron chi connectivity index (χ4n) is 2.80. The van der Waals surface area contributed by atoms with Gasteiger partial charge < -0.3 is 10.6 Å². The van der Waals surface area contributed by atoms with Crippen LogP contribution in [0.1, 0.15) is 18.4 Å². The van der Waals surface area contributed by atoms with Crippen LogP contribution in [0.15, 0.2) is 36.5 Å². The monoisotopic (exact) mass is 268 g/mol. The van der Waals surface area contributed by atoms with Crippen molar-refractivity contribution in [2.24, 2.45) is 5.73 Å². The molecule has 104 valence electrons. The van der Waals surface area contributed by atoms with E-state index in [-0.39, 0.29) is 0 Å². The molecule has 0 saturated carbocycles. The number of hydrogen-bond acceptors (Lipinski definition) is 4. The summed E-state index contributed by atoms with van der Waals surface area (Å²) in [6, 6.07) is 10.7. The Balaban J connectivity index is 1.93. The molecule has 2 aromatic rings. The first-order chi connectivity index (χ1) is 9.78. The number of rotatable bonds is 3. The molecule has 2 heterocycles. The predicted octanol–water partition coefficient (Wildman–Crippen LogP) is 2.38. The van der Waals surface area contributed by atoms with Crippen LogP contribution in [-0.4, -0.2) is 29.1 Å². The average Bonchev–Trinajstić information content (AvgIpc) is 2.96. The maximum atomic E-state index is 5.83. The van der Waals surface area contributed by atoms with Crippen molar-refractivity contribution in [3.8, 4) is 11.3 Å². The number of aromatic nitrogens is 2. The molecular formula is C16H20N4. The normalized spacial score (nSPS) is 18.5. The number of nitrogens with two attached hydrogens (primary N) is 1. The third-order valence-electron chi connectivity index (χ3n) is 3.86. The number of hydrogen-bond donors (Lipinski definition) is 1. The predicted molar refractivity (Wildman–Crippen MR) is 81.6 cm³/mol. The van der Waals surface area contributed by atoms with Crippen molar-refractivity contribution in [1.82, 2.24) is 9.97 Å². The number of aryl methyl sites for hydroxylation is 1. The van der Waals surface area contributed by atoms with Crippen LogP contribution < -0.4 is 10.6 Å². The largest absolute Gasteiger partial charge is 0.337 e. The molecule has 1 aliphatic heterocycles. The van der Waals surface area contributed by atoms with Crippen LogP contribution in [0.5, 0.6) is 0 Å². The lowest BCUT2D eigenvalue weighted by Crippen LogP contribution is -2.36. The Morgan fingerprint density at radius 1 is 1.35 bits per heavy atom. The fourth-order valence-corrected chi connectivity index (χ4v) is 2.80. The zero-order valence-electron chi connectivity index (χ0n) is 11.8. The van der Waals surface area contributed by atoms with Crippen molar-refractivity contribution in [3.05, 3.63) is 42.1 Å². The molecule has 1 unspecified atom stereocenters. The van der Waals surface area contributed by atoms with Gasteiger partial charge in [-0.25, -0.2) is 9.97 Å². The first-order valence-electron chi connectivity index (χ1n) is 7.15. The van der Waals surface area contributed by atoms with Crippen LogP contribution in [-0.2, 0) is 0 Å².